The Morgan fingerprint density at radius 1 is 0.909 bits per heavy atom. The van der Waals surface area contributed by atoms with Gasteiger partial charge in [-0.25, -0.2) is 0 Å². The summed E-state index contributed by atoms with van der Waals surface area (Å²) in [6.07, 6.45) is 5.07. The lowest BCUT2D eigenvalue weighted by Gasteiger charge is -2.35. The van der Waals surface area contributed by atoms with Gasteiger partial charge in [0.25, 0.3) is 0 Å². The molecule has 0 bridgehead atoms. The normalized spacial score (nSPS) is 24.8. The first-order valence-corrected chi connectivity index (χ1v) is 12.3. The van der Waals surface area contributed by atoms with E-state index in [1.807, 2.05) is 44.2 Å². The number of carbonyl (C=O) groups excluding carboxylic acids is 3. The van der Waals surface area contributed by atoms with Gasteiger partial charge in [-0.05, 0) is 50.6 Å². The maximum absolute atomic E-state index is 13.4. The Morgan fingerprint density at radius 3 is 2.18 bits per heavy atom. The number of benzene rings is 1. The van der Waals surface area contributed by atoms with Gasteiger partial charge in [-0.15, -0.1) is 0 Å². The third-order valence-corrected chi connectivity index (χ3v) is 6.47. The van der Waals surface area contributed by atoms with E-state index in [2.05, 4.69) is 10.6 Å². The van der Waals surface area contributed by atoms with Gasteiger partial charge in [0.05, 0.1) is 6.04 Å². The molecular formula is C26H42N4O3. The van der Waals surface area contributed by atoms with Crippen LogP contribution in [0, 0.1) is 5.92 Å². The van der Waals surface area contributed by atoms with Crippen LogP contribution >= 0.6 is 0 Å². The lowest BCUT2D eigenvalue weighted by molar-refractivity contribution is -0.148. The summed E-state index contributed by atoms with van der Waals surface area (Å²) >= 11 is 0. The highest BCUT2D eigenvalue weighted by molar-refractivity contribution is 5.92. The number of amides is 3. The lowest BCUT2D eigenvalue weighted by atomic mass is 10.0. The van der Waals surface area contributed by atoms with Gasteiger partial charge in [0, 0.05) is 20.6 Å². The molecule has 1 aromatic carbocycles. The molecule has 0 aromatic heterocycles. The van der Waals surface area contributed by atoms with Gasteiger partial charge in [0.2, 0.25) is 17.7 Å². The van der Waals surface area contributed by atoms with E-state index in [0.29, 0.717) is 19.4 Å². The molecule has 0 aliphatic carbocycles. The van der Waals surface area contributed by atoms with E-state index in [4.69, 9.17) is 0 Å². The van der Waals surface area contributed by atoms with Gasteiger partial charge < -0.3 is 20.4 Å². The maximum Gasteiger partial charge on any atom is 0.245 e. The van der Waals surface area contributed by atoms with Gasteiger partial charge in [-0.1, -0.05) is 57.0 Å². The molecule has 1 aromatic rings. The number of rotatable bonds is 4. The van der Waals surface area contributed by atoms with Crippen molar-refractivity contribution < 1.29 is 14.4 Å². The molecule has 1 aliphatic rings. The molecule has 3 amide bonds. The van der Waals surface area contributed by atoms with Gasteiger partial charge in [0.15, 0.2) is 0 Å². The summed E-state index contributed by atoms with van der Waals surface area (Å²) in [5.74, 6) is -0.186. The quantitative estimate of drug-likeness (QED) is 0.727. The van der Waals surface area contributed by atoms with Crippen LogP contribution in [-0.2, 0) is 20.8 Å². The second kappa shape index (κ2) is 13.3. The Kier molecular flexibility index (Phi) is 10.8. The molecule has 0 unspecified atom stereocenters. The number of hydrogen-bond acceptors (Lipinski definition) is 4. The molecule has 0 saturated carbocycles. The topological polar surface area (TPSA) is 81.8 Å². The van der Waals surface area contributed by atoms with Crippen LogP contribution in [0.5, 0.6) is 0 Å². The fraction of sp³-hybridized carbons (Fsp3) is 0.654. The first kappa shape index (κ1) is 26.8. The van der Waals surface area contributed by atoms with Crippen molar-refractivity contribution in [2.75, 3.05) is 27.2 Å². The first-order chi connectivity index (χ1) is 15.7. The highest BCUT2D eigenvalue weighted by Gasteiger charge is 2.34. The van der Waals surface area contributed by atoms with Crippen molar-refractivity contribution in [3.8, 4) is 0 Å². The largest absolute Gasteiger partial charge is 0.354 e. The number of nitrogens with one attached hydrogen (secondary N) is 2. The van der Waals surface area contributed by atoms with Crippen LogP contribution in [0.2, 0.25) is 0 Å². The first-order valence-electron chi connectivity index (χ1n) is 12.3. The van der Waals surface area contributed by atoms with Crippen LogP contribution in [0.4, 0.5) is 0 Å². The SMILES string of the molecule is CC(C)C[C@H]1C(=O)NCCCCCCN[C@@H](Cc2ccccc2)C(=O)N(C)[C@H](C)C(=O)N1C. The van der Waals surface area contributed by atoms with Crippen molar-refractivity contribution in [2.24, 2.45) is 5.92 Å². The minimum atomic E-state index is -0.669. The Hall–Kier alpha value is -2.41. The zero-order valence-corrected chi connectivity index (χ0v) is 21.0. The molecule has 1 heterocycles. The van der Waals surface area contributed by atoms with E-state index in [1.165, 1.54) is 9.80 Å². The summed E-state index contributed by atoms with van der Waals surface area (Å²) in [5.41, 5.74) is 1.08. The fourth-order valence-corrected chi connectivity index (χ4v) is 4.24. The minimum Gasteiger partial charge on any atom is -0.354 e. The van der Waals surface area contributed by atoms with Gasteiger partial charge in [0.1, 0.15) is 12.1 Å². The second-order valence-electron chi connectivity index (χ2n) is 9.62. The maximum atomic E-state index is 13.4. The van der Waals surface area contributed by atoms with E-state index >= 15 is 0 Å². The standard InChI is InChI=1S/C26H42N4O3/c1-19(2)17-23-24(31)28-16-12-7-6-11-15-27-22(18-21-13-9-8-10-14-21)26(33)29(4)20(3)25(32)30(23)5/h8-10,13-14,19-20,22-23,27H,6-7,11-12,15-18H2,1-5H3,(H,28,31)/t20-,22+,23+/m1/s1. The summed E-state index contributed by atoms with van der Waals surface area (Å²) in [6, 6.07) is 8.33. The molecule has 33 heavy (non-hydrogen) atoms. The van der Waals surface area contributed by atoms with Crippen molar-refractivity contribution in [3.63, 3.8) is 0 Å². The number of carbonyl (C=O) groups is 3. The number of likely N-dealkylation sites (N-methyl/N-ethyl adjacent to an activating group) is 2. The van der Waals surface area contributed by atoms with E-state index < -0.39 is 18.1 Å². The minimum absolute atomic E-state index is 0.106. The predicted octanol–water partition coefficient (Wildman–Crippen LogP) is 2.60. The monoisotopic (exact) mass is 458 g/mol. The van der Waals surface area contributed by atoms with E-state index in [0.717, 1.165) is 37.8 Å². The third-order valence-electron chi connectivity index (χ3n) is 6.47. The lowest BCUT2D eigenvalue weighted by Crippen LogP contribution is -2.56. The van der Waals surface area contributed by atoms with Crippen molar-refractivity contribution >= 4 is 17.7 Å². The smallest absolute Gasteiger partial charge is 0.245 e. The van der Waals surface area contributed by atoms with Gasteiger partial charge in [-0.3, -0.25) is 14.4 Å². The van der Waals surface area contributed by atoms with Crippen LogP contribution in [0.1, 0.15) is 58.4 Å². The van der Waals surface area contributed by atoms with Crippen molar-refractivity contribution in [2.45, 2.75) is 77.4 Å². The van der Waals surface area contributed by atoms with E-state index in [9.17, 15) is 14.4 Å². The molecule has 1 aliphatic heterocycles. The van der Waals surface area contributed by atoms with Gasteiger partial charge in [-0.2, -0.15) is 0 Å². The highest BCUT2D eigenvalue weighted by Crippen LogP contribution is 2.15. The second-order valence-corrected chi connectivity index (χ2v) is 9.62. The average Bonchev–Trinajstić information content (AvgIpc) is 2.80. The molecule has 0 spiro atoms. The number of hydrogen-bond donors (Lipinski definition) is 2. The summed E-state index contributed by atoms with van der Waals surface area (Å²) in [7, 11) is 3.35. The van der Waals surface area contributed by atoms with E-state index in [1.54, 1.807) is 21.0 Å². The predicted molar refractivity (Wildman–Crippen MR) is 132 cm³/mol. The molecule has 1 saturated heterocycles. The van der Waals surface area contributed by atoms with Crippen LogP contribution in [-0.4, -0.2) is 72.8 Å². The zero-order chi connectivity index (χ0) is 24.4. The Labute approximate surface area is 199 Å². The summed E-state index contributed by atoms with van der Waals surface area (Å²) in [4.78, 5) is 42.7. The number of nitrogens with zero attached hydrogens (tertiary/aromatic N) is 2. The molecule has 184 valence electrons. The molecule has 2 rings (SSSR count). The molecular weight excluding hydrogens is 416 g/mol. The summed E-state index contributed by atoms with van der Waals surface area (Å²) < 4.78 is 0. The molecule has 0 radical (unpaired) electrons. The van der Waals surface area contributed by atoms with Crippen molar-refractivity contribution in [1.29, 1.82) is 0 Å². The van der Waals surface area contributed by atoms with Gasteiger partial charge >= 0.3 is 0 Å². The molecule has 2 N–H and O–H groups in total. The third kappa shape index (κ3) is 8.14. The highest BCUT2D eigenvalue weighted by atomic mass is 16.2. The fourth-order valence-electron chi connectivity index (χ4n) is 4.24. The average molecular weight is 459 g/mol. The molecule has 7 heteroatoms. The Balaban J connectivity index is 2.25. The molecule has 3 atom stereocenters. The van der Waals surface area contributed by atoms with Crippen LogP contribution in [0.3, 0.4) is 0 Å². The summed E-state index contributed by atoms with van der Waals surface area (Å²) in [6.45, 7) is 7.19. The zero-order valence-electron chi connectivity index (χ0n) is 21.0. The van der Waals surface area contributed by atoms with Crippen LogP contribution in [0.25, 0.3) is 0 Å². The molecule has 1 fully saturated rings. The van der Waals surface area contributed by atoms with Crippen molar-refractivity contribution in [1.82, 2.24) is 20.4 Å². The van der Waals surface area contributed by atoms with E-state index in [-0.39, 0.29) is 23.6 Å². The Morgan fingerprint density at radius 2 is 1.55 bits per heavy atom. The molecule has 7 nitrogen and oxygen atoms in total. The van der Waals surface area contributed by atoms with Crippen LogP contribution in [0.15, 0.2) is 30.3 Å². The summed E-state index contributed by atoms with van der Waals surface area (Å²) in [5, 5.41) is 6.44. The van der Waals surface area contributed by atoms with Crippen molar-refractivity contribution in [3.05, 3.63) is 35.9 Å². The van der Waals surface area contributed by atoms with Crippen LogP contribution < -0.4 is 10.6 Å². The Bertz CT molecular complexity index is 768.